The maximum absolute atomic E-state index is 2.35. The van der Waals surface area contributed by atoms with Gasteiger partial charge < -0.3 is 0 Å². The molecule has 0 aliphatic heterocycles. The Hall–Kier alpha value is -0.780. The lowest BCUT2D eigenvalue weighted by atomic mass is 10.0. The molecule has 0 saturated carbocycles. The summed E-state index contributed by atoms with van der Waals surface area (Å²) in [6, 6.07) is 0. The van der Waals surface area contributed by atoms with Gasteiger partial charge in [-0.05, 0) is 38.0 Å². The molecule has 0 aromatic carbocycles. The molecule has 1 rings (SSSR count). The van der Waals surface area contributed by atoms with Crippen molar-refractivity contribution >= 4 is 0 Å². The van der Waals surface area contributed by atoms with Crippen molar-refractivity contribution in [3.63, 3.8) is 0 Å². The maximum Gasteiger partial charge on any atom is -0.0169 e. The maximum atomic E-state index is 2.35. The molecule has 1 atom stereocenters. The molecule has 1 aliphatic rings. The van der Waals surface area contributed by atoms with Crippen molar-refractivity contribution in [3.05, 3.63) is 36.5 Å². The van der Waals surface area contributed by atoms with Crippen LogP contribution in [0.2, 0.25) is 0 Å². The smallest absolute Gasteiger partial charge is 0.0169 e. The number of hydrogen-bond donors (Lipinski definition) is 0. The van der Waals surface area contributed by atoms with Crippen molar-refractivity contribution < 1.29 is 0 Å². The molecule has 0 radical (unpaired) electrons. The first-order valence-electron chi connectivity index (χ1n) is 5.36. The fourth-order valence-electron chi connectivity index (χ4n) is 1.48. The summed E-state index contributed by atoms with van der Waals surface area (Å²) >= 11 is 0. The Bertz CT molecular complexity index is 196. The highest BCUT2D eigenvalue weighted by molar-refractivity contribution is 4.96. The van der Waals surface area contributed by atoms with E-state index in [4.69, 9.17) is 0 Å². The fourth-order valence-corrected chi connectivity index (χ4v) is 1.48. The van der Waals surface area contributed by atoms with Crippen molar-refractivity contribution in [1.29, 1.82) is 0 Å². The first kappa shape index (κ1) is 10.3. The normalized spacial score (nSPS) is 25.2. The van der Waals surface area contributed by atoms with E-state index in [2.05, 4.69) is 43.4 Å². The first-order valence-corrected chi connectivity index (χ1v) is 5.36. The lowest BCUT2D eigenvalue weighted by molar-refractivity contribution is 0.654. The van der Waals surface area contributed by atoms with Gasteiger partial charge >= 0.3 is 0 Å². The van der Waals surface area contributed by atoms with E-state index in [9.17, 15) is 0 Å². The molecule has 0 spiro atoms. The predicted octanol–water partition coefficient (Wildman–Crippen LogP) is 4.26. The molecule has 1 unspecified atom stereocenters. The van der Waals surface area contributed by atoms with Crippen LogP contribution in [0, 0.1) is 5.92 Å². The lowest BCUT2D eigenvalue weighted by Crippen LogP contribution is -1.87. The van der Waals surface area contributed by atoms with Gasteiger partial charge in [-0.25, -0.2) is 0 Å². The minimum atomic E-state index is 0.744. The van der Waals surface area contributed by atoms with Gasteiger partial charge in [-0.3, -0.25) is 0 Å². The topological polar surface area (TPSA) is 0 Å². The largest absolute Gasteiger partial charge is 0.0882 e. The Kier molecular flexibility index (Phi) is 5.31. The van der Waals surface area contributed by atoms with Gasteiger partial charge in [0, 0.05) is 0 Å². The molecule has 1 aliphatic carbocycles. The van der Waals surface area contributed by atoms with E-state index >= 15 is 0 Å². The second-order valence-electron chi connectivity index (χ2n) is 3.74. The van der Waals surface area contributed by atoms with Crippen molar-refractivity contribution in [2.24, 2.45) is 5.92 Å². The van der Waals surface area contributed by atoms with Crippen LogP contribution in [0.25, 0.3) is 0 Å². The van der Waals surface area contributed by atoms with Crippen molar-refractivity contribution in [2.75, 3.05) is 0 Å². The SMILES string of the molecule is CC1C=CCCC=CCC=CCC1. The number of hydrogen-bond acceptors (Lipinski definition) is 0. The zero-order chi connectivity index (χ0) is 9.36. The molecule has 0 heteroatoms. The van der Waals surface area contributed by atoms with E-state index in [-0.39, 0.29) is 0 Å². The van der Waals surface area contributed by atoms with Crippen LogP contribution < -0.4 is 0 Å². The summed E-state index contributed by atoms with van der Waals surface area (Å²) in [7, 11) is 0. The molecular formula is C13H20. The molecular weight excluding hydrogens is 156 g/mol. The first-order chi connectivity index (χ1) is 6.39. The summed E-state index contributed by atoms with van der Waals surface area (Å²) in [5.74, 6) is 0.744. The summed E-state index contributed by atoms with van der Waals surface area (Å²) in [6.07, 6.45) is 19.8. The highest BCUT2D eigenvalue weighted by Gasteiger charge is 1.94. The molecule has 13 heavy (non-hydrogen) atoms. The Labute approximate surface area is 82.0 Å². The third-order valence-corrected chi connectivity index (χ3v) is 2.36. The van der Waals surface area contributed by atoms with Crippen LogP contribution in [0.5, 0.6) is 0 Å². The van der Waals surface area contributed by atoms with Gasteiger partial charge in [0.2, 0.25) is 0 Å². The Balaban J connectivity index is 2.41. The minimum absolute atomic E-state index is 0.744. The number of rotatable bonds is 0. The van der Waals surface area contributed by atoms with Crippen LogP contribution in [0.1, 0.15) is 39.0 Å². The van der Waals surface area contributed by atoms with E-state index in [1.165, 1.54) is 25.7 Å². The second kappa shape index (κ2) is 6.71. The second-order valence-corrected chi connectivity index (χ2v) is 3.74. The summed E-state index contributed by atoms with van der Waals surface area (Å²) in [4.78, 5) is 0. The summed E-state index contributed by atoms with van der Waals surface area (Å²) < 4.78 is 0. The molecule has 0 fully saturated rings. The fraction of sp³-hybridized carbons (Fsp3) is 0.538. The van der Waals surface area contributed by atoms with Gasteiger partial charge in [0.25, 0.3) is 0 Å². The predicted molar refractivity (Wildman–Crippen MR) is 59.7 cm³/mol. The Morgan fingerprint density at radius 3 is 2.38 bits per heavy atom. The zero-order valence-corrected chi connectivity index (χ0v) is 8.58. The van der Waals surface area contributed by atoms with E-state index in [0.717, 1.165) is 12.3 Å². The van der Waals surface area contributed by atoms with E-state index < -0.39 is 0 Å². The van der Waals surface area contributed by atoms with E-state index in [0.29, 0.717) is 0 Å². The molecule has 0 aromatic heterocycles. The zero-order valence-electron chi connectivity index (χ0n) is 8.58. The lowest BCUT2D eigenvalue weighted by Gasteiger charge is -2.03. The van der Waals surface area contributed by atoms with Crippen molar-refractivity contribution in [1.82, 2.24) is 0 Å². The third kappa shape index (κ3) is 5.46. The van der Waals surface area contributed by atoms with Crippen molar-refractivity contribution in [2.45, 2.75) is 39.0 Å². The van der Waals surface area contributed by atoms with Crippen LogP contribution in [0.15, 0.2) is 36.5 Å². The van der Waals surface area contributed by atoms with Gasteiger partial charge in [0.15, 0.2) is 0 Å². The molecule has 0 aromatic rings. The summed E-state index contributed by atoms with van der Waals surface area (Å²) in [6.45, 7) is 2.30. The van der Waals surface area contributed by atoms with Crippen LogP contribution in [0.4, 0.5) is 0 Å². The quantitative estimate of drug-likeness (QED) is 0.484. The molecule has 72 valence electrons. The van der Waals surface area contributed by atoms with Crippen LogP contribution in [-0.2, 0) is 0 Å². The molecule has 0 bridgehead atoms. The third-order valence-electron chi connectivity index (χ3n) is 2.36. The van der Waals surface area contributed by atoms with Crippen LogP contribution in [0.3, 0.4) is 0 Å². The monoisotopic (exact) mass is 176 g/mol. The van der Waals surface area contributed by atoms with Gasteiger partial charge in [-0.15, -0.1) is 0 Å². The molecule has 0 N–H and O–H groups in total. The Morgan fingerprint density at radius 1 is 0.846 bits per heavy atom. The van der Waals surface area contributed by atoms with Gasteiger partial charge in [-0.2, -0.15) is 0 Å². The van der Waals surface area contributed by atoms with Gasteiger partial charge in [0.05, 0.1) is 0 Å². The molecule has 0 amide bonds. The summed E-state index contributed by atoms with van der Waals surface area (Å²) in [5.41, 5.74) is 0. The number of allylic oxidation sites excluding steroid dienone is 6. The summed E-state index contributed by atoms with van der Waals surface area (Å²) in [5, 5.41) is 0. The molecule has 0 nitrogen and oxygen atoms in total. The average Bonchev–Trinajstić information content (AvgIpc) is 2.11. The highest BCUT2D eigenvalue weighted by atomic mass is 14.0. The van der Waals surface area contributed by atoms with Crippen molar-refractivity contribution in [3.8, 4) is 0 Å². The van der Waals surface area contributed by atoms with Gasteiger partial charge in [-0.1, -0.05) is 43.4 Å². The van der Waals surface area contributed by atoms with E-state index in [1.54, 1.807) is 0 Å². The molecule has 0 saturated heterocycles. The van der Waals surface area contributed by atoms with Gasteiger partial charge in [0.1, 0.15) is 0 Å². The van der Waals surface area contributed by atoms with Crippen LogP contribution in [-0.4, -0.2) is 0 Å². The average molecular weight is 176 g/mol. The van der Waals surface area contributed by atoms with Crippen LogP contribution >= 0.6 is 0 Å². The van der Waals surface area contributed by atoms with E-state index in [1.807, 2.05) is 0 Å². The highest BCUT2D eigenvalue weighted by Crippen LogP contribution is 2.10. The Morgan fingerprint density at radius 2 is 1.54 bits per heavy atom. The standard InChI is InChI=1S/C13H20/c1-13-11-9-7-5-3-2-4-6-8-10-12-13/h2-3,6,8-9,11,13H,4-5,7,10,12H2,1H3. The minimum Gasteiger partial charge on any atom is -0.0882 e. The molecule has 0 heterocycles.